The number of aryl methyl sites for hydroxylation is 2. The predicted molar refractivity (Wildman–Crippen MR) is 126 cm³/mol. The lowest BCUT2D eigenvalue weighted by atomic mass is 10.0. The number of nitrogens with one attached hydrogen (secondary N) is 1. The maximum atomic E-state index is 12.9. The molecule has 0 spiro atoms. The molecule has 1 unspecified atom stereocenters. The van der Waals surface area contributed by atoms with Gasteiger partial charge >= 0.3 is 0 Å². The standard InChI is InChI=1S/C26H30N4O3/c1-17-3-6-22(18(2)13-17)29-11-9-28(10-12-29)15-19-4-5-21-20(14-19)16-30(26(21)33)23-7-8-24(31)27-25(23)32/h3-6,13-14,23H,7-12,15-16H2,1-2H3,(H,27,31,32). The van der Waals surface area contributed by atoms with Crippen molar-refractivity contribution < 1.29 is 14.4 Å². The van der Waals surface area contributed by atoms with Gasteiger partial charge in [0.15, 0.2) is 0 Å². The van der Waals surface area contributed by atoms with Gasteiger partial charge in [-0.3, -0.25) is 24.6 Å². The van der Waals surface area contributed by atoms with Crippen molar-refractivity contribution in [3.8, 4) is 0 Å². The third kappa shape index (κ3) is 4.25. The zero-order valence-electron chi connectivity index (χ0n) is 19.3. The van der Waals surface area contributed by atoms with Crippen LogP contribution < -0.4 is 10.2 Å². The molecule has 3 amide bonds. The minimum Gasteiger partial charge on any atom is -0.369 e. The number of amides is 3. The van der Waals surface area contributed by atoms with Crippen LogP contribution in [0.4, 0.5) is 5.69 Å². The number of carbonyl (C=O) groups excluding carboxylic acids is 3. The number of piperazine rings is 1. The van der Waals surface area contributed by atoms with Crippen molar-refractivity contribution in [2.24, 2.45) is 0 Å². The number of piperidine rings is 1. The maximum Gasteiger partial charge on any atom is 0.255 e. The van der Waals surface area contributed by atoms with Crippen LogP contribution in [0.25, 0.3) is 0 Å². The molecule has 5 rings (SSSR count). The van der Waals surface area contributed by atoms with E-state index < -0.39 is 6.04 Å². The second-order valence-corrected chi connectivity index (χ2v) is 9.44. The Morgan fingerprint density at radius 2 is 1.76 bits per heavy atom. The number of imide groups is 1. The molecule has 2 aromatic carbocycles. The van der Waals surface area contributed by atoms with Crippen LogP contribution >= 0.6 is 0 Å². The van der Waals surface area contributed by atoms with E-state index in [4.69, 9.17) is 0 Å². The molecular formula is C26H30N4O3. The number of hydrogen-bond donors (Lipinski definition) is 1. The number of hydrogen-bond acceptors (Lipinski definition) is 5. The third-order valence-electron chi connectivity index (χ3n) is 7.06. The van der Waals surface area contributed by atoms with Crippen molar-refractivity contribution in [3.63, 3.8) is 0 Å². The first-order chi connectivity index (χ1) is 15.9. The van der Waals surface area contributed by atoms with E-state index in [1.54, 1.807) is 4.90 Å². The first-order valence-corrected chi connectivity index (χ1v) is 11.7. The van der Waals surface area contributed by atoms with Gasteiger partial charge in [-0.1, -0.05) is 29.8 Å². The van der Waals surface area contributed by atoms with Crippen molar-refractivity contribution >= 4 is 23.4 Å². The molecule has 172 valence electrons. The molecular weight excluding hydrogens is 416 g/mol. The second kappa shape index (κ2) is 8.63. The molecule has 1 atom stereocenters. The Hall–Kier alpha value is -3.19. The highest BCUT2D eigenvalue weighted by Crippen LogP contribution is 2.29. The molecule has 1 N–H and O–H groups in total. The summed E-state index contributed by atoms with van der Waals surface area (Å²) in [7, 11) is 0. The van der Waals surface area contributed by atoms with Crippen molar-refractivity contribution in [3.05, 3.63) is 64.2 Å². The average Bonchev–Trinajstić information content (AvgIpc) is 3.10. The Morgan fingerprint density at radius 1 is 0.970 bits per heavy atom. The molecule has 2 saturated heterocycles. The molecule has 3 heterocycles. The van der Waals surface area contributed by atoms with Gasteiger partial charge in [0, 0.05) is 56.9 Å². The van der Waals surface area contributed by atoms with Crippen molar-refractivity contribution in [2.45, 2.75) is 45.8 Å². The number of carbonyl (C=O) groups is 3. The van der Waals surface area contributed by atoms with Gasteiger partial charge in [-0.25, -0.2) is 0 Å². The van der Waals surface area contributed by atoms with Crippen LogP contribution in [0.5, 0.6) is 0 Å². The van der Waals surface area contributed by atoms with E-state index in [1.165, 1.54) is 22.4 Å². The van der Waals surface area contributed by atoms with E-state index in [0.717, 1.165) is 38.3 Å². The molecule has 0 aromatic heterocycles. The smallest absolute Gasteiger partial charge is 0.255 e. The Balaban J connectivity index is 1.21. The van der Waals surface area contributed by atoms with Crippen LogP contribution in [-0.2, 0) is 22.7 Å². The Morgan fingerprint density at radius 3 is 2.48 bits per heavy atom. The summed E-state index contributed by atoms with van der Waals surface area (Å²) in [5.74, 6) is -0.747. The van der Waals surface area contributed by atoms with Crippen molar-refractivity contribution in [1.29, 1.82) is 0 Å². The number of rotatable bonds is 4. The topological polar surface area (TPSA) is 73.0 Å². The number of fused-ring (bicyclic) bond motifs is 1. The summed E-state index contributed by atoms with van der Waals surface area (Å²) in [6.45, 7) is 9.56. The van der Waals surface area contributed by atoms with Gasteiger partial charge in [-0.2, -0.15) is 0 Å². The van der Waals surface area contributed by atoms with Crippen LogP contribution in [0.2, 0.25) is 0 Å². The van der Waals surface area contributed by atoms with Crippen LogP contribution in [0.1, 0.15) is 45.5 Å². The fourth-order valence-electron chi connectivity index (χ4n) is 5.29. The van der Waals surface area contributed by atoms with Crippen molar-refractivity contribution in [1.82, 2.24) is 15.1 Å². The summed E-state index contributed by atoms with van der Waals surface area (Å²) in [4.78, 5) is 43.1. The summed E-state index contributed by atoms with van der Waals surface area (Å²) in [6.07, 6.45) is 0.665. The van der Waals surface area contributed by atoms with E-state index in [1.807, 2.05) is 12.1 Å². The largest absolute Gasteiger partial charge is 0.369 e. The molecule has 2 aromatic rings. The first-order valence-electron chi connectivity index (χ1n) is 11.7. The molecule has 0 bridgehead atoms. The maximum absolute atomic E-state index is 12.9. The van der Waals surface area contributed by atoms with Crippen LogP contribution in [0, 0.1) is 13.8 Å². The summed E-state index contributed by atoms with van der Waals surface area (Å²) in [5, 5.41) is 2.36. The van der Waals surface area contributed by atoms with Crippen molar-refractivity contribution in [2.75, 3.05) is 31.1 Å². The summed E-state index contributed by atoms with van der Waals surface area (Å²) < 4.78 is 0. The monoisotopic (exact) mass is 446 g/mol. The molecule has 0 aliphatic carbocycles. The van der Waals surface area contributed by atoms with Gasteiger partial charge in [0.05, 0.1) is 0 Å². The fraction of sp³-hybridized carbons (Fsp3) is 0.423. The Bertz CT molecular complexity index is 1120. The lowest BCUT2D eigenvalue weighted by Crippen LogP contribution is -2.52. The van der Waals surface area contributed by atoms with Crippen LogP contribution in [0.3, 0.4) is 0 Å². The molecule has 0 radical (unpaired) electrons. The highest BCUT2D eigenvalue weighted by Gasteiger charge is 2.39. The van der Waals surface area contributed by atoms with Gasteiger partial charge in [0.25, 0.3) is 5.91 Å². The number of nitrogens with zero attached hydrogens (tertiary/aromatic N) is 3. The second-order valence-electron chi connectivity index (χ2n) is 9.44. The minimum atomic E-state index is -0.565. The lowest BCUT2D eigenvalue weighted by Gasteiger charge is -2.37. The zero-order valence-corrected chi connectivity index (χ0v) is 19.3. The van der Waals surface area contributed by atoms with Gasteiger partial charge in [0.2, 0.25) is 11.8 Å². The average molecular weight is 447 g/mol. The van der Waals surface area contributed by atoms with Gasteiger partial charge < -0.3 is 9.80 Å². The highest BCUT2D eigenvalue weighted by molar-refractivity contribution is 6.05. The van der Waals surface area contributed by atoms with Gasteiger partial charge in [0.1, 0.15) is 6.04 Å². The number of anilines is 1. The SMILES string of the molecule is Cc1ccc(N2CCN(Cc3ccc4c(c3)CN(C3CCC(=O)NC3=O)C4=O)CC2)c(C)c1. The zero-order chi connectivity index (χ0) is 23.1. The predicted octanol–water partition coefficient (Wildman–Crippen LogP) is 2.39. The Labute approximate surface area is 194 Å². The normalized spacial score (nSPS) is 21.4. The molecule has 0 saturated carbocycles. The summed E-state index contributed by atoms with van der Waals surface area (Å²) >= 11 is 0. The van der Waals surface area contributed by atoms with Gasteiger partial charge in [-0.15, -0.1) is 0 Å². The summed E-state index contributed by atoms with van der Waals surface area (Å²) in [6, 6.07) is 12.1. The third-order valence-corrected chi connectivity index (χ3v) is 7.06. The Kier molecular flexibility index (Phi) is 5.66. The van der Waals surface area contributed by atoms with Gasteiger partial charge in [-0.05, 0) is 49.1 Å². The van der Waals surface area contributed by atoms with E-state index in [-0.39, 0.29) is 24.1 Å². The quantitative estimate of drug-likeness (QED) is 0.731. The molecule has 3 aliphatic heterocycles. The van der Waals surface area contributed by atoms with Crippen LogP contribution in [0.15, 0.2) is 36.4 Å². The molecule has 33 heavy (non-hydrogen) atoms. The fourth-order valence-corrected chi connectivity index (χ4v) is 5.29. The molecule has 7 heteroatoms. The molecule has 3 aliphatic rings. The van der Waals surface area contributed by atoms with E-state index in [2.05, 4.69) is 53.2 Å². The van der Waals surface area contributed by atoms with E-state index in [0.29, 0.717) is 18.5 Å². The van der Waals surface area contributed by atoms with Crippen LogP contribution in [-0.4, -0.2) is 59.7 Å². The first kappa shape index (κ1) is 21.6. The molecule has 2 fully saturated rings. The number of benzene rings is 2. The highest BCUT2D eigenvalue weighted by atomic mass is 16.2. The van der Waals surface area contributed by atoms with E-state index >= 15 is 0 Å². The minimum absolute atomic E-state index is 0.117. The lowest BCUT2D eigenvalue weighted by molar-refractivity contribution is -0.136. The molecule has 7 nitrogen and oxygen atoms in total. The van der Waals surface area contributed by atoms with E-state index in [9.17, 15) is 14.4 Å². The summed E-state index contributed by atoms with van der Waals surface area (Å²) in [5.41, 5.74) is 6.77.